The second-order valence-electron chi connectivity index (χ2n) is 8.89. The zero-order chi connectivity index (χ0) is 23.9. The molecule has 6 nitrogen and oxygen atoms in total. The van der Waals surface area contributed by atoms with Crippen molar-refractivity contribution in [2.45, 2.75) is 26.3 Å². The number of carbonyl (C=O) groups excluding carboxylic acids is 2. The monoisotopic (exact) mass is 458 g/mol. The van der Waals surface area contributed by atoms with Crippen molar-refractivity contribution in [3.05, 3.63) is 77.9 Å². The van der Waals surface area contributed by atoms with Crippen LogP contribution in [0.5, 0.6) is 0 Å². The average Bonchev–Trinajstić information content (AvgIpc) is 2.87. The number of rotatable bonds is 8. The highest BCUT2D eigenvalue weighted by Crippen LogP contribution is 2.24. The van der Waals surface area contributed by atoms with Crippen LogP contribution in [0.3, 0.4) is 0 Å². The van der Waals surface area contributed by atoms with Gasteiger partial charge in [-0.15, -0.1) is 0 Å². The molecule has 0 saturated carbocycles. The molecule has 0 unspecified atom stereocenters. The van der Waals surface area contributed by atoms with E-state index in [4.69, 9.17) is 0 Å². The molecular weight excluding hydrogens is 424 g/mol. The van der Waals surface area contributed by atoms with Crippen LogP contribution in [0.25, 0.3) is 10.8 Å². The van der Waals surface area contributed by atoms with Crippen LogP contribution < -0.4 is 10.6 Å². The highest BCUT2D eigenvalue weighted by molar-refractivity contribution is 5.93. The molecule has 34 heavy (non-hydrogen) atoms. The van der Waals surface area contributed by atoms with Crippen LogP contribution in [-0.4, -0.2) is 60.9 Å². The molecule has 4 rings (SSSR count). The number of anilines is 1. The van der Waals surface area contributed by atoms with Crippen molar-refractivity contribution in [2.24, 2.45) is 0 Å². The molecule has 2 amide bonds. The SMILES string of the molecule is CCc1ccccc1NC(=O)CN1CCN(C(=O)CN[C@H](C)c2cccc3ccccc23)CC1. The fourth-order valence-electron chi connectivity index (χ4n) is 4.59. The summed E-state index contributed by atoms with van der Waals surface area (Å²) in [5, 5.41) is 8.85. The number of hydrogen-bond acceptors (Lipinski definition) is 4. The van der Waals surface area contributed by atoms with Crippen LogP contribution in [0.1, 0.15) is 31.0 Å². The van der Waals surface area contributed by atoms with E-state index in [9.17, 15) is 9.59 Å². The average molecular weight is 459 g/mol. The van der Waals surface area contributed by atoms with Crippen molar-refractivity contribution in [2.75, 3.05) is 44.6 Å². The van der Waals surface area contributed by atoms with Gasteiger partial charge in [-0.2, -0.15) is 0 Å². The second-order valence-corrected chi connectivity index (χ2v) is 8.89. The van der Waals surface area contributed by atoms with Crippen molar-refractivity contribution in [1.82, 2.24) is 15.1 Å². The molecule has 1 atom stereocenters. The maximum atomic E-state index is 12.8. The van der Waals surface area contributed by atoms with Gasteiger partial charge in [0.05, 0.1) is 13.1 Å². The molecule has 0 spiro atoms. The van der Waals surface area contributed by atoms with Gasteiger partial charge in [-0.25, -0.2) is 0 Å². The lowest BCUT2D eigenvalue weighted by molar-refractivity contribution is -0.132. The Kier molecular flexibility index (Phi) is 7.93. The summed E-state index contributed by atoms with van der Waals surface area (Å²) in [5.74, 6) is 0.0966. The highest BCUT2D eigenvalue weighted by Gasteiger charge is 2.23. The lowest BCUT2D eigenvalue weighted by atomic mass is 10.00. The molecule has 1 fully saturated rings. The van der Waals surface area contributed by atoms with Gasteiger partial charge in [0, 0.05) is 37.9 Å². The third-order valence-electron chi connectivity index (χ3n) is 6.61. The number of para-hydroxylation sites is 1. The summed E-state index contributed by atoms with van der Waals surface area (Å²) in [5.41, 5.74) is 3.22. The number of nitrogens with one attached hydrogen (secondary N) is 2. The normalized spacial score (nSPS) is 15.3. The molecule has 0 aliphatic carbocycles. The lowest BCUT2D eigenvalue weighted by Gasteiger charge is -2.34. The summed E-state index contributed by atoms with van der Waals surface area (Å²) >= 11 is 0. The van der Waals surface area contributed by atoms with E-state index in [1.165, 1.54) is 16.3 Å². The molecule has 178 valence electrons. The molecule has 0 radical (unpaired) electrons. The van der Waals surface area contributed by atoms with Crippen molar-refractivity contribution in [3.63, 3.8) is 0 Å². The summed E-state index contributed by atoms with van der Waals surface area (Å²) in [7, 11) is 0. The van der Waals surface area contributed by atoms with Gasteiger partial charge >= 0.3 is 0 Å². The van der Waals surface area contributed by atoms with E-state index in [1.54, 1.807) is 0 Å². The zero-order valence-electron chi connectivity index (χ0n) is 20.1. The Balaban J connectivity index is 1.23. The Morgan fingerprint density at radius 2 is 1.62 bits per heavy atom. The Labute approximate surface area is 201 Å². The Hall–Kier alpha value is -3.22. The second kappa shape index (κ2) is 11.3. The number of aryl methyl sites for hydroxylation is 1. The predicted octanol–water partition coefficient (Wildman–Crippen LogP) is 3.84. The standard InChI is InChI=1S/C28H34N4O2/c1-3-22-9-5-7-14-26(22)30-27(33)20-31-15-17-32(18-16-31)28(34)19-29-21(2)24-13-8-11-23-10-4-6-12-25(23)24/h4-14,21,29H,3,15-20H2,1-2H3,(H,30,33)/t21-/m1/s1. The maximum absolute atomic E-state index is 12.8. The number of hydrogen-bond donors (Lipinski definition) is 2. The van der Waals surface area contributed by atoms with Crippen LogP contribution in [0, 0.1) is 0 Å². The number of nitrogens with zero attached hydrogens (tertiary/aromatic N) is 2. The molecule has 0 aromatic heterocycles. The molecule has 6 heteroatoms. The summed E-state index contributed by atoms with van der Waals surface area (Å²) in [6.07, 6.45) is 0.879. The molecule has 2 N–H and O–H groups in total. The van der Waals surface area contributed by atoms with E-state index >= 15 is 0 Å². The summed E-state index contributed by atoms with van der Waals surface area (Å²) in [6.45, 7) is 7.52. The van der Waals surface area contributed by atoms with Gasteiger partial charge in [0.1, 0.15) is 0 Å². The minimum absolute atomic E-state index is 0.00810. The summed E-state index contributed by atoms with van der Waals surface area (Å²) in [4.78, 5) is 29.3. The minimum atomic E-state index is -0.00810. The van der Waals surface area contributed by atoms with E-state index in [1.807, 2.05) is 41.3 Å². The van der Waals surface area contributed by atoms with Crippen LogP contribution >= 0.6 is 0 Å². The topological polar surface area (TPSA) is 64.7 Å². The highest BCUT2D eigenvalue weighted by atomic mass is 16.2. The van der Waals surface area contributed by atoms with Crippen molar-refractivity contribution < 1.29 is 9.59 Å². The number of amides is 2. The zero-order valence-corrected chi connectivity index (χ0v) is 20.1. The Morgan fingerprint density at radius 3 is 2.41 bits per heavy atom. The Morgan fingerprint density at radius 1 is 0.912 bits per heavy atom. The molecule has 1 aliphatic heterocycles. The molecule has 1 heterocycles. The van der Waals surface area contributed by atoms with Gasteiger partial charge in [-0.1, -0.05) is 67.6 Å². The third-order valence-corrected chi connectivity index (χ3v) is 6.61. The minimum Gasteiger partial charge on any atom is -0.339 e. The van der Waals surface area contributed by atoms with Gasteiger partial charge in [-0.3, -0.25) is 14.5 Å². The molecule has 0 bridgehead atoms. The number of piperazine rings is 1. The summed E-state index contributed by atoms with van der Waals surface area (Å²) < 4.78 is 0. The summed E-state index contributed by atoms with van der Waals surface area (Å²) in [6, 6.07) is 22.6. The first-order valence-electron chi connectivity index (χ1n) is 12.1. The molecule has 1 aliphatic rings. The fraction of sp³-hybridized carbons (Fsp3) is 0.357. The smallest absolute Gasteiger partial charge is 0.238 e. The molecule has 3 aromatic carbocycles. The van der Waals surface area contributed by atoms with Crippen LogP contribution in [0.15, 0.2) is 66.7 Å². The van der Waals surface area contributed by atoms with Gasteiger partial charge in [0.25, 0.3) is 0 Å². The predicted molar refractivity (Wildman–Crippen MR) is 138 cm³/mol. The maximum Gasteiger partial charge on any atom is 0.238 e. The van der Waals surface area contributed by atoms with E-state index in [0.717, 1.165) is 17.7 Å². The first kappa shape index (κ1) is 23.9. The van der Waals surface area contributed by atoms with Gasteiger partial charge in [-0.05, 0) is 41.3 Å². The quantitative estimate of drug-likeness (QED) is 0.538. The molecular formula is C28H34N4O2. The largest absolute Gasteiger partial charge is 0.339 e. The van der Waals surface area contributed by atoms with Crippen molar-refractivity contribution in [1.29, 1.82) is 0 Å². The van der Waals surface area contributed by atoms with E-state index in [0.29, 0.717) is 39.3 Å². The van der Waals surface area contributed by atoms with Crippen LogP contribution in [0.2, 0.25) is 0 Å². The number of carbonyl (C=O) groups is 2. The Bertz CT molecular complexity index is 1130. The first-order valence-corrected chi connectivity index (χ1v) is 12.1. The third kappa shape index (κ3) is 5.82. The molecule has 3 aromatic rings. The van der Waals surface area contributed by atoms with Gasteiger partial charge < -0.3 is 15.5 Å². The molecule has 1 saturated heterocycles. The first-order chi connectivity index (χ1) is 16.5. The lowest BCUT2D eigenvalue weighted by Crippen LogP contribution is -2.52. The van der Waals surface area contributed by atoms with Gasteiger partial charge in [0.15, 0.2) is 0 Å². The fourth-order valence-corrected chi connectivity index (χ4v) is 4.59. The number of benzene rings is 3. The van der Waals surface area contributed by atoms with Crippen LogP contribution in [-0.2, 0) is 16.0 Å². The van der Waals surface area contributed by atoms with E-state index in [-0.39, 0.29) is 17.9 Å². The van der Waals surface area contributed by atoms with Crippen LogP contribution in [0.4, 0.5) is 5.69 Å². The number of fused-ring (bicyclic) bond motifs is 1. The van der Waals surface area contributed by atoms with E-state index < -0.39 is 0 Å². The van der Waals surface area contributed by atoms with Crippen molar-refractivity contribution >= 4 is 28.3 Å². The van der Waals surface area contributed by atoms with E-state index in [2.05, 4.69) is 59.7 Å². The van der Waals surface area contributed by atoms with Gasteiger partial charge in [0.2, 0.25) is 11.8 Å². The van der Waals surface area contributed by atoms with Crippen molar-refractivity contribution in [3.8, 4) is 0 Å².